The molecular weight excluding hydrogens is 433 g/mol. The molecular formula is C21H29F3N2O4S. The molecule has 3 aliphatic rings. The summed E-state index contributed by atoms with van der Waals surface area (Å²) in [6, 6.07) is 5.87. The third-order valence-electron chi connectivity index (χ3n) is 7.13. The summed E-state index contributed by atoms with van der Waals surface area (Å²) in [5.41, 5.74) is -0.481. The number of hydrogen-bond donors (Lipinski definition) is 1. The number of nitrogens with zero attached hydrogens (tertiary/aromatic N) is 2. The number of ether oxygens (including phenoxy) is 1. The topological polar surface area (TPSA) is 70.1 Å². The molecule has 2 aliphatic heterocycles. The largest absolute Gasteiger partial charge is 0.573 e. The second-order valence-corrected chi connectivity index (χ2v) is 11.1. The Morgan fingerprint density at radius 3 is 2.19 bits per heavy atom. The van der Waals surface area contributed by atoms with Gasteiger partial charge < -0.3 is 14.7 Å². The van der Waals surface area contributed by atoms with Crippen molar-refractivity contribution in [1.29, 1.82) is 0 Å². The summed E-state index contributed by atoms with van der Waals surface area (Å²) in [6.07, 6.45) is 1.11. The van der Waals surface area contributed by atoms with Crippen molar-refractivity contribution in [1.82, 2.24) is 4.31 Å². The van der Waals surface area contributed by atoms with Crippen LogP contribution in [0.3, 0.4) is 0 Å². The fourth-order valence-corrected chi connectivity index (χ4v) is 7.03. The summed E-state index contributed by atoms with van der Waals surface area (Å²) >= 11 is 0. The Hall–Kier alpha value is -1.52. The quantitative estimate of drug-likeness (QED) is 0.723. The molecule has 1 aromatic rings. The van der Waals surface area contributed by atoms with Crippen molar-refractivity contribution < 1.29 is 31.4 Å². The van der Waals surface area contributed by atoms with E-state index in [4.69, 9.17) is 0 Å². The van der Waals surface area contributed by atoms with Gasteiger partial charge in [0, 0.05) is 37.8 Å². The van der Waals surface area contributed by atoms with Crippen molar-refractivity contribution in [2.24, 2.45) is 11.3 Å². The average molecular weight is 463 g/mol. The van der Waals surface area contributed by atoms with Crippen LogP contribution in [0.2, 0.25) is 0 Å². The van der Waals surface area contributed by atoms with E-state index in [1.807, 2.05) is 0 Å². The molecule has 1 aliphatic carbocycles. The van der Waals surface area contributed by atoms with Gasteiger partial charge in [0.25, 0.3) is 0 Å². The van der Waals surface area contributed by atoms with Gasteiger partial charge in [0.1, 0.15) is 5.75 Å². The first-order valence-corrected chi connectivity index (χ1v) is 12.4. The molecule has 2 saturated heterocycles. The van der Waals surface area contributed by atoms with Gasteiger partial charge in [-0.2, -0.15) is 4.31 Å². The number of piperidine rings is 1. The summed E-state index contributed by atoms with van der Waals surface area (Å²) in [5, 5.41) is 10.5. The number of rotatable bonds is 5. The van der Waals surface area contributed by atoms with E-state index in [1.54, 1.807) is 12.1 Å². The van der Waals surface area contributed by atoms with Crippen molar-refractivity contribution in [2.45, 2.75) is 56.7 Å². The van der Waals surface area contributed by atoms with Crippen molar-refractivity contribution in [2.75, 3.05) is 31.1 Å². The van der Waals surface area contributed by atoms with Gasteiger partial charge in [-0.3, -0.25) is 0 Å². The molecule has 0 aromatic heterocycles. The van der Waals surface area contributed by atoms with Crippen molar-refractivity contribution in [3.63, 3.8) is 0 Å². The number of anilines is 1. The van der Waals surface area contributed by atoms with Crippen LogP contribution in [-0.2, 0) is 10.0 Å². The third-order valence-corrected chi connectivity index (χ3v) is 9.21. The van der Waals surface area contributed by atoms with Gasteiger partial charge in [-0.25, -0.2) is 8.42 Å². The van der Waals surface area contributed by atoms with Gasteiger partial charge in [-0.1, -0.05) is 12.8 Å². The van der Waals surface area contributed by atoms with Gasteiger partial charge >= 0.3 is 6.36 Å². The van der Waals surface area contributed by atoms with Crippen LogP contribution in [0.5, 0.6) is 5.75 Å². The smallest absolute Gasteiger partial charge is 0.406 e. The lowest BCUT2D eigenvalue weighted by molar-refractivity contribution is -0.274. The van der Waals surface area contributed by atoms with E-state index in [-0.39, 0.29) is 17.1 Å². The van der Waals surface area contributed by atoms with Crippen molar-refractivity contribution in [3.8, 4) is 5.75 Å². The maximum absolute atomic E-state index is 12.9. The Kier molecular flexibility index (Phi) is 6.17. The molecule has 1 N–H and O–H groups in total. The van der Waals surface area contributed by atoms with Crippen LogP contribution in [0.15, 0.2) is 24.3 Å². The molecule has 0 amide bonds. The first kappa shape index (κ1) is 22.7. The molecule has 1 aromatic carbocycles. The SMILES string of the molecule is O=S(=O)(C(O)C1CCCC1)N1CCC2(CCN(c3ccc(OC(F)(F)F)cc3)C2)CC1. The van der Waals surface area contributed by atoms with Crippen LogP contribution in [-0.4, -0.2) is 55.8 Å². The lowest BCUT2D eigenvalue weighted by Gasteiger charge is -2.39. The minimum atomic E-state index is -4.71. The molecule has 0 bridgehead atoms. The number of sulfonamides is 1. The molecule has 31 heavy (non-hydrogen) atoms. The summed E-state index contributed by atoms with van der Waals surface area (Å²) in [7, 11) is -3.71. The van der Waals surface area contributed by atoms with Crippen LogP contribution in [0.25, 0.3) is 0 Å². The summed E-state index contributed by atoms with van der Waals surface area (Å²) in [5.74, 6) is -0.406. The normalized spacial score (nSPS) is 24.1. The maximum Gasteiger partial charge on any atom is 0.573 e. The number of benzene rings is 1. The predicted octanol–water partition coefficient (Wildman–Crippen LogP) is 3.72. The highest BCUT2D eigenvalue weighted by atomic mass is 32.2. The molecule has 174 valence electrons. The van der Waals surface area contributed by atoms with Gasteiger partial charge in [0.2, 0.25) is 10.0 Å². The highest BCUT2D eigenvalue weighted by molar-refractivity contribution is 7.89. The molecule has 6 nitrogen and oxygen atoms in total. The number of aliphatic hydroxyl groups is 1. The van der Waals surface area contributed by atoms with Crippen LogP contribution < -0.4 is 9.64 Å². The average Bonchev–Trinajstić information content (AvgIpc) is 3.38. The van der Waals surface area contributed by atoms with E-state index < -0.39 is 21.8 Å². The van der Waals surface area contributed by atoms with Crippen LogP contribution in [0.4, 0.5) is 18.9 Å². The lowest BCUT2D eigenvalue weighted by atomic mass is 9.78. The molecule has 1 saturated carbocycles. The van der Waals surface area contributed by atoms with Gasteiger partial charge in [0.15, 0.2) is 5.44 Å². The number of hydrogen-bond acceptors (Lipinski definition) is 5. The molecule has 1 spiro atoms. The summed E-state index contributed by atoms with van der Waals surface area (Å²) in [4.78, 5) is 2.13. The van der Waals surface area contributed by atoms with Gasteiger partial charge in [-0.15, -0.1) is 13.2 Å². The second-order valence-electron chi connectivity index (χ2n) is 9.09. The number of aliphatic hydroxyl groups excluding tert-OH is 1. The van der Waals surface area contributed by atoms with E-state index in [0.717, 1.165) is 63.7 Å². The number of alkyl halides is 3. The Bertz CT molecular complexity index is 862. The molecule has 10 heteroatoms. The van der Waals surface area contributed by atoms with E-state index in [9.17, 15) is 26.7 Å². The minimum absolute atomic E-state index is 0.00846. The zero-order chi connectivity index (χ0) is 22.3. The van der Waals surface area contributed by atoms with E-state index in [1.165, 1.54) is 16.4 Å². The first-order valence-electron chi connectivity index (χ1n) is 10.9. The highest BCUT2D eigenvalue weighted by Crippen LogP contribution is 2.43. The fraction of sp³-hybridized carbons (Fsp3) is 0.714. The van der Waals surface area contributed by atoms with Crippen LogP contribution in [0.1, 0.15) is 44.9 Å². The first-order chi connectivity index (χ1) is 14.6. The van der Waals surface area contributed by atoms with Crippen LogP contribution in [0, 0.1) is 11.3 Å². The zero-order valence-corrected chi connectivity index (χ0v) is 18.2. The Morgan fingerprint density at radius 2 is 1.61 bits per heavy atom. The van der Waals surface area contributed by atoms with E-state index in [2.05, 4.69) is 9.64 Å². The molecule has 1 atom stereocenters. The summed E-state index contributed by atoms with van der Waals surface area (Å²) in [6.45, 7) is 2.32. The molecule has 2 heterocycles. The highest BCUT2D eigenvalue weighted by Gasteiger charge is 2.45. The van der Waals surface area contributed by atoms with Crippen LogP contribution >= 0.6 is 0 Å². The zero-order valence-electron chi connectivity index (χ0n) is 17.4. The fourth-order valence-electron chi connectivity index (χ4n) is 5.28. The minimum Gasteiger partial charge on any atom is -0.406 e. The molecule has 3 fully saturated rings. The molecule has 1 unspecified atom stereocenters. The van der Waals surface area contributed by atoms with Crippen molar-refractivity contribution in [3.05, 3.63) is 24.3 Å². The monoisotopic (exact) mass is 462 g/mol. The van der Waals surface area contributed by atoms with Gasteiger partial charge in [0.05, 0.1) is 0 Å². The Balaban J connectivity index is 1.34. The van der Waals surface area contributed by atoms with E-state index >= 15 is 0 Å². The standard InChI is InChI=1S/C21H29F3N2O4S/c22-21(23,24)30-18-7-5-17(6-8-18)25-12-9-20(15-25)10-13-26(14-11-20)31(28,29)19(27)16-3-1-2-4-16/h5-8,16,19,27H,1-4,9-15H2. The number of halogens is 3. The molecule has 4 rings (SSSR count). The molecule has 0 radical (unpaired) electrons. The predicted molar refractivity (Wildman–Crippen MR) is 110 cm³/mol. The Labute approximate surface area is 181 Å². The lowest BCUT2D eigenvalue weighted by Crippen LogP contribution is -2.48. The summed E-state index contributed by atoms with van der Waals surface area (Å²) < 4.78 is 68.1. The Morgan fingerprint density at radius 1 is 1.03 bits per heavy atom. The van der Waals surface area contributed by atoms with E-state index in [0.29, 0.717) is 13.1 Å². The third kappa shape index (κ3) is 4.96. The second kappa shape index (κ2) is 8.44. The van der Waals surface area contributed by atoms with Crippen molar-refractivity contribution >= 4 is 15.7 Å². The maximum atomic E-state index is 12.9. The van der Waals surface area contributed by atoms with Gasteiger partial charge in [-0.05, 0) is 61.8 Å².